The fourth-order valence-electron chi connectivity index (χ4n) is 0.513. The van der Waals surface area contributed by atoms with Gasteiger partial charge in [0.25, 0.3) is 0 Å². The molecule has 1 N–H and O–H groups in total. The van der Waals surface area contributed by atoms with Gasteiger partial charge in [0.2, 0.25) is 0 Å². The minimum Gasteiger partial charge on any atom is -0.461 e. The van der Waals surface area contributed by atoms with E-state index in [1.165, 1.54) is 0 Å². The lowest BCUT2D eigenvalue weighted by Crippen LogP contribution is -2.23. The van der Waals surface area contributed by atoms with Crippen LogP contribution in [0.5, 0.6) is 0 Å². The van der Waals surface area contributed by atoms with E-state index >= 15 is 0 Å². The second-order valence-corrected chi connectivity index (χ2v) is 2.35. The van der Waals surface area contributed by atoms with Crippen molar-refractivity contribution in [3.05, 3.63) is 12.2 Å². The van der Waals surface area contributed by atoms with Crippen LogP contribution in [0.1, 0.15) is 6.92 Å². The van der Waals surface area contributed by atoms with Crippen molar-refractivity contribution in [1.29, 1.82) is 0 Å². The van der Waals surface area contributed by atoms with Gasteiger partial charge < -0.3 is 9.47 Å². The second-order valence-electron chi connectivity index (χ2n) is 2.35. The molecule has 0 atom stereocenters. The Morgan fingerprint density at radius 2 is 2.25 bits per heavy atom. The van der Waals surface area contributed by atoms with Gasteiger partial charge in [-0.1, -0.05) is 6.58 Å². The molecule has 0 unspecified atom stereocenters. The van der Waals surface area contributed by atoms with Crippen LogP contribution in [0.25, 0.3) is 0 Å². The third kappa shape index (κ3) is 5.88. The Morgan fingerprint density at radius 3 is 2.75 bits per heavy atom. The summed E-state index contributed by atoms with van der Waals surface area (Å²) in [6, 6.07) is 0. The molecule has 0 bridgehead atoms. The predicted octanol–water partition coefficient (Wildman–Crippen LogP) is 0.299. The number of hydrogen-bond acceptors (Lipinski definition) is 4. The van der Waals surface area contributed by atoms with Gasteiger partial charge in [-0.3, -0.25) is 5.32 Å². The number of rotatable bonds is 6. The smallest absolute Gasteiger partial charge is 0.333 e. The summed E-state index contributed by atoms with van der Waals surface area (Å²) in [6.07, 6.45) is 0. The largest absolute Gasteiger partial charge is 0.461 e. The molecule has 0 spiro atoms. The molecule has 12 heavy (non-hydrogen) atoms. The number of nitrogens with one attached hydrogen (secondary N) is 1. The lowest BCUT2D eigenvalue weighted by Gasteiger charge is -2.04. The highest BCUT2D eigenvalue weighted by Crippen LogP contribution is 1.90. The van der Waals surface area contributed by atoms with E-state index in [1.807, 2.05) is 0 Å². The SMILES string of the molecule is C=C(C)C(=O)OCCNCOC. The molecule has 0 aromatic carbocycles. The molecule has 0 rings (SSSR count). The zero-order chi connectivity index (χ0) is 9.40. The van der Waals surface area contributed by atoms with E-state index in [4.69, 9.17) is 9.47 Å². The van der Waals surface area contributed by atoms with E-state index in [0.717, 1.165) is 0 Å². The minimum atomic E-state index is -0.353. The van der Waals surface area contributed by atoms with Crippen molar-refractivity contribution in [2.24, 2.45) is 0 Å². The lowest BCUT2D eigenvalue weighted by atomic mass is 10.4. The first-order valence-electron chi connectivity index (χ1n) is 3.70. The van der Waals surface area contributed by atoms with Crippen LogP contribution in [-0.2, 0) is 14.3 Å². The Balaban J connectivity index is 3.20. The molecule has 0 fully saturated rings. The number of carbonyl (C=O) groups excluding carboxylic acids is 1. The third-order valence-corrected chi connectivity index (χ3v) is 1.11. The fourth-order valence-corrected chi connectivity index (χ4v) is 0.513. The van der Waals surface area contributed by atoms with Crippen LogP contribution in [0.4, 0.5) is 0 Å². The highest BCUT2D eigenvalue weighted by molar-refractivity contribution is 5.86. The van der Waals surface area contributed by atoms with E-state index in [2.05, 4.69) is 11.9 Å². The summed E-state index contributed by atoms with van der Waals surface area (Å²) in [5, 5.41) is 2.90. The molecule has 0 saturated heterocycles. The number of ether oxygens (including phenoxy) is 2. The van der Waals surface area contributed by atoms with Crippen LogP contribution in [-0.4, -0.2) is 33.0 Å². The molecule has 70 valence electrons. The molecule has 0 aromatic heterocycles. The van der Waals surface area contributed by atoms with Gasteiger partial charge in [0.05, 0.1) is 6.73 Å². The number of hydrogen-bond donors (Lipinski definition) is 1. The highest BCUT2D eigenvalue weighted by Gasteiger charge is 2.00. The van der Waals surface area contributed by atoms with Gasteiger partial charge in [-0.25, -0.2) is 4.79 Å². The van der Waals surface area contributed by atoms with Crippen molar-refractivity contribution in [3.8, 4) is 0 Å². The predicted molar refractivity (Wildman–Crippen MR) is 45.7 cm³/mol. The number of carbonyl (C=O) groups is 1. The molecule has 0 aliphatic heterocycles. The second kappa shape index (κ2) is 6.82. The molecule has 0 heterocycles. The summed E-state index contributed by atoms with van der Waals surface area (Å²) < 4.78 is 9.52. The quantitative estimate of drug-likeness (QED) is 0.271. The van der Waals surface area contributed by atoms with Crippen molar-refractivity contribution in [2.75, 3.05) is 27.0 Å². The van der Waals surface area contributed by atoms with Crippen molar-refractivity contribution in [1.82, 2.24) is 5.32 Å². The first-order chi connectivity index (χ1) is 5.68. The van der Waals surface area contributed by atoms with E-state index in [1.54, 1.807) is 14.0 Å². The van der Waals surface area contributed by atoms with Crippen LogP contribution in [0, 0.1) is 0 Å². The van der Waals surface area contributed by atoms with Gasteiger partial charge in [0.1, 0.15) is 6.61 Å². The van der Waals surface area contributed by atoms with Crippen LogP contribution in [0.3, 0.4) is 0 Å². The molecule has 0 saturated carbocycles. The summed E-state index contributed by atoms with van der Waals surface area (Å²) in [4.78, 5) is 10.8. The fraction of sp³-hybridized carbons (Fsp3) is 0.625. The summed E-state index contributed by atoms with van der Waals surface area (Å²) >= 11 is 0. The normalized spacial score (nSPS) is 9.50. The highest BCUT2D eigenvalue weighted by atomic mass is 16.5. The number of esters is 1. The monoisotopic (exact) mass is 173 g/mol. The molecular weight excluding hydrogens is 158 g/mol. The summed E-state index contributed by atoms with van der Waals surface area (Å²) in [6.45, 7) is 6.46. The summed E-state index contributed by atoms with van der Waals surface area (Å²) in [7, 11) is 1.59. The average Bonchev–Trinajstić information content (AvgIpc) is 2.03. The van der Waals surface area contributed by atoms with Crippen LogP contribution in [0.15, 0.2) is 12.2 Å². The van der Waals surface area contributed by atoms with Gasteiger partial charge in [-0.2, -0.15) is 0 Å². The molecular formula is C8H15NO3. The maximum atomic E-state index is 10.8. The molecule has 4 nitrogen and oxygen atoms in total. The molecule has 0 radical (unpaired) electrons. The van der Waals surface area contributed by atoms with Crippen LogP contribution in [0.2, 0.25) is 0 Å². The third-order valence-electron chi connectivity index (χ3n) is 1.11. The van der Waals surface area contributed by atoms with E-state index in [0.29, 0.717) is 25.5 Å². The van der Waals surface area contributed by atoms with Gasteiger partial charge in [-0.05, 0) is 6.92 Å². The van der Waals surface area contributed by atoms with Crippen molar-refractivity contribution in [2.45, 2.75) is 6.92 Å². The zero-order valence-corrected chi connectivity index (χ0v) is 7.55. The van der Waals surface area contributed by atoms with Gasteiger partial charge >= 0.3 is 5.97 Å². The molecule has 0 amide bonds. The molecule has 4 heteroatoms. The lowest BCUT2D eigenvalue weighted by molar-refractivity contribution is -0.138. The van der Waals surface area contributed by atoms with Crippen molar-refractivity contribution >= 4 is 5.97 Å². The average molecular weight is 173 g/mol. The maximum absolute atomic E-state index is 10.8. The maximum Gasteiger partial charge on any atom is 0.333 e. The van der Waals surface area contributed by atoms with Crippen molar-refractivity contribution in [3.63, 3.8) is 0 Å². The van der Waals surface area contributed by atoms with Gasteiger partial charge in [-0.15, -0.1) is 0 Å². The van der Waals surface area contributed by atoms with Crippen LogP contribution < -0.4 is 5.32 Å². The molecule has 0 aromatic rings. The minimum absolute atomic E-state index is 0.342. The Bertz CT molecular complexity index is 156. The van der Waals surface area contributed by atoms with Gasteiger partial charge in [0.15, 0.2) is 0 Å². The molecule has 0 aliphatic carbocycles. The Hall–Kier alpha value is -0.870. The molecule has 0 aliphatic rings. The summed E-state index contributed by atoms with van der Waals surface area (Å²) in [5.74, 6) is -0.353. The zero-order valence-electron chi connectivity index (χ0n) is 7.55. The summed E-state index contributed by atoms with van der Waals surface area (Å²) in [5.41, 5.74) is 0.418. The standard InChI is InChI=1S/C8H15NO3/c1-7(2)8(10)12-5-4-9-6-11-3/h9H,1,4-6H2,2-3H3. The van der Waals surface area contributed by atoms with E-state index < -0.39 is 0 Å². The number of methoxy groups -OCH3 is 1. The van der Waals surface area contributed by atoms with Gasteiger partial charge in [0, 0.05) is 19.2 Å². The van der Waals surface area contributed by atoms with E-state index in [9.17, 15) is 4.79 Å². The van der Waals surface area contributed by atoms with E-state index in [-0.39, 0.29) is 5.97 Å². The van der Waals surface area contributed by atoms with Crippen LogP contribution >= 0.6 is 0 Å². The van der Waals surface area contributed by atoms with Crippen molar-refractivity contribution < 1.29 is 14.3 Å². The topological polar surface area (TPSA) is 47.6 Å². The Morgan fingerprint density at radius 1 is 1.58 bits per heavy atom. The Kier molecular flexibility index (Phi) is 6.32. The first-order valence-corrected chi connectivity index (χ1v) is 3.70. The first kappa shape index (κ1) is 11.1. The Labute approximate surface area is 72.5 Å².